The maximum Gasteiger partial charge on any atom is 0.307 e. The lowest BCUT2D eigenvalue weighted by Crippen LogP contribution is -2.35. The summed E-state index contributed by atoms with van der Waals surface area (Å²) in [6, 6.07) is 15.7. The summed E-state index contributed by atoms with van der Waals surface area (Å²) in [7, 11) is 1.36. The fourth-order valence-electron chi connectivity index (χ4n) is 2.61. The molecule has 4 nitrogen and oxygen atoms in total. The molecule has 2 aromatic carbocycles. The number of methoxy groups -OCH3 is 1. The number of benzene rings is 2. The van der Waals surface area contributed by atoms with Gasteiger partial charge >= 0.3 is 5.97 Å². The molecule has 0 fully saturated rings. The van der Waals surface area contributed by atoms with E-state index < -0.39 is 0 Å². The van der Waals surface area contributed by atoms with Gasteiger partial charge in [0, 0.05) is 18.7 Å². The lowest BCUT2D eigenvalue weighted by atomic mass is 10.0. The molecule has 0 N–H and O–H groups in total. The summed E-state index contributed by atoms with van der Waals surface area (Å²) in [6.07, 6.45) is 0.945. The number of carbonyl (C=O) groups is 2. The molecule has 2 aromatic rings. The number of nitrogens with zero attached hydrogens (tertiary/aromatic N) is 1. The van der Waals surface area contributed by atoms with Crippen molar-refractivity contribution in [2.24, 2.45) is 0 Å². The van der Waals surface area contributed by atoms with Gasteiger partial charge in [-0.05, 0) is 49.1 Å². The first-order chi connectivity index (χ1) is 12.0. The molecule has 0 aromatic heterocycles. The summed E-state index contributed by atoms with van der Waals surface area (Å²) in [5.41, 5.74) is 4.06. The van der Waals surface area contributed by atoms with Crippen LogP contribution in [0.15, 0.2) is 48.5 Å². The number of esters is 1. The van der Waals surface area contributed by atoms with Gasteiger partial charge in [0.25, 0.3) is 5.91 Å². The molecule has 132 valence electrons. The zero-order valence-corrected chi connectivity index (χ0v) is 15.1. The summed E-state index contributed by atoms with van der Waals surface area (Å²) in [5.74, 6) is -0.361. The Morgan fingerprint density at radius 1 is 0.960 bits per heavy atom. The van der Waals surface area contributed by atoms with Gasteiger partial charge in [0.2, 0.25) is 0 Å². The van der Waals surface area contributed by atoms with Crippen LogP contribution >= 0.6 is 0 Å². The fourth-order valence-corrected chi connectivity index (χ4v) is 2.61. The van der Waals surface area contributed by atoms with Crippen LogP contribution in [0.3, 0.4) is 0 Å². The molecule has 1 amide bonds. The standard InChI is InChI=1S/C21H25NO3/c1-16-9-10-19(15-17(16)2)21(24)22(14-12-20(23)25-3)13-11-18-7-5-4-6-8-18/h4-10,15H,11-14H2,1-3H3. The van der Waals surface area contributed by atoms with Crippen molar-refractivity contribution >= 4 is 11.9 Å². The van der Waals surface area contributed by atoms with Crippen LogP contribution in [-0.2, 0) is 16.0 Å². The van der Waals surface area contributed by atoms with Gasteiger partial charge < -0.3 is 9.64 Å². The molecule has 0 aliphatic carbocycles. The van der Waals surface area contributed by atoms with Crippen molar-refractivity contribution in [2.45, 2.75) is 26.7 Å². The minimum atomic E-state index is -0.308. The first-order valence-corrected chi connectivity index (χ1v) is 8.48. The van der Waals surface area contributed by atoms with Crippen LogP contribution in [0.25, 0.3) is 0 Å². The Kier molecular flexibility index (Phi) is 6.75. The second kappa shape index (κ2) is 9.02. The van der Waals surface area contributed by atoms with E-state index in [9.17, 15) is 9.59 Å². The molecule has 0 unspecified atom stereocenters. The smallest absolute Gasteiger partial charge is 0.307 e. The van der Waals surface area contributed by atoms with Crippen molar-refractivity contribution in [3.63, 3.8) is 0 Å². The van der Waals surface area contributed by atoms with Crippen LogP contribution in [0.4, 0.5) is 0 Å². The summed E-state index contributed by atoms with van der Waals surface area (Å²) < 4.78 is 4.71. The van der Waals surface area contributed by atoms with Gasteiger partial charge in [0.05, 0.1) is 13.5 Å². The van der Waals surface area contributed by atoms with Crippen molar-refractivity contribution in [1.29, 1.82) is 0 Å². The normalized spacial score (nSPS) is 10.4. The molecule has 0 saturated carbocycles. The van der Waals surface area contributed by atoms with Gasteiger partial charge in [-0.15, -0.1) is 0 Å². The molecule has 0 aliphatic rings. The van der Waals surface area contributed by atoms with Gasteiger partial charge in [-0.25, -0.2) is 0 Å². The third-order valence-electron chi connectivity index (χ3n) is 4.37. The number of ether oxygens (including phenoxy) is 1. The minimum Gasteiger partial charge on any atom is -0.469 e. The maximum atomic E-state index is 12.9. The van der Waals surface area contributed by atoms with Crippen LogP contribution in [0.1, 0.15) is 33.5 Å². The van der Waals surface area contributed by atoms with Crippen molar-refractivity contribution < 1.29 is 14.3 Å². The average molecular weight is 339 g/mol. The highest BCUT2D eigenvalue weighted by molar-refractivity contribution is 5.94. The lowest BCUT2D eigenvalue weighted by molar-refractivity contribution is -0.140. The monoisotopic (exact) mass is 339 g/mol. The fraction of sp³-hybridized carbons (Fsp3) is 0.333. The molecule has 0 atom stereocenters. The first kappa shape index (κ1) is 18.7. The van der Waals surface area contributed by atoms with E-state index in [0.29, 0.717) is 18.7 Å². The van der Waals surface area contributed by atoms with Crippen molar-refractivity contribution in [1.82, 2.24) is 4.90 Å². The van der Waals surface area contributed by atoms with Gasteiger partial charge in [-0.1, -0.05) is 36.4 Å². The highest BCUT2D eigenvalue weighted by Gasteiger charge is 2.17. The molecule has 25 heavy (non-hydrogen) atoms. The predicted molar refractivity (Wildman–Crippen MR) is 98.6 cm³/mol. The molecule has 0 aliphatic heterocycles. The Morgan fingerprint density at radius 2 is 1.68 bits per heavy atom. The number of aryl methyl sites for hydroxylation is 2. The molecule has 0 saturated heterocycles. The van der Waals surface area contributed by atoms with E-state index in [1.807, 2.05) is 62.4 Å². The van der Waals surface area contributed by atoms with Crippen LogP contribution in [0.2, 0.25) is 0 Å². The second-order valence-corrected chi connectivity index (χ2v) is 6.15. The molecule has 0 heterocycles. The van der Waals surface area contributed by atoms with Crippen molar-refractivity contribution in [2.75, 3.05) is 20.2 Å². The Labute approximate surface area is 149 Å². The van der Waals surface area contributed by atoms with E-state index >= 15 is 0 Å². The molecule has 0 spiro atoms. The molecule has 0 bridgehead atoms. The highest BCUT2D eigenvalue weighted by atomic mass is 16.5. The third kappa shape index (κ3) is 5.45. The molecular formula is C21H25NO3. The van der Waals surface area contributed by atoms with E-state index in [1.54, 1.807) is 4.90 Å². The van der Waals surface area contributed by atoms with Crippen LogP contribution < -0.4 is 0 Å². The number of hydrogen-bond acceptors (Lipinski definition) is 3. The molecule has 2 rings (SSSR count). The van der Waals surface area contributed by atoms with Gasteiger partial charge in [-0.2, -0.15) is 0 Å². The summed E-state index contributed by atoms with van der Waals surface area (Å²) in [4.78, 5) is 26.1. The van der Waals surface area contributed by atoms with E-state index in [0.717, 1.165) is 17.5 Å². The zero-order chi connectivity index (χ0) is 18.2. The summed E-state index contributed by atoms with van der Waals surface area (Å²) in [5, 5.41) is 0. The molecular weight excluding hydrogens is 314 g/mol. The zero-order valence-electron chi connectivity index (χ0n) is 15.1. The van der Waals surface area contributed by atoms with Crippen LogP contribution in [0.5, 0.6) is 0 Å². The minimum absolute atomic E-state index is 0.0528. The SMILES string of the molecule is COC(=O)CCN(CCc1ccccc1)C(=O)c1ccc(C)c(C)c1. The molecule has 4 heteroatoms. The van der Waals surface area contributed by atoms with Gasteiger partial charge in [0.15, 0.2) is 0 Å². The number of amides is 1. The largest absolute Gasteiger partial charge is 0.469 e. The molecule has 0 radical (unpaired) electrons. The number of carbonyl (C=O) groups excluding carboxylic acids is 2. The topological polar surface area (TPSA) is 46.6 Å². The van der Waals surface area contributed by atoms with Crippen LogP contribution in [-0.4, -0.2) is 37.0 Å². The second-order valence-electron chi connectivity index (χ2n) is 6.15. The van der Waals surface area contributed by atoms with Crippen molar-refractivity contribution in [3.05, 3.63) is 70.8 Å². The Bertz CT molecular complexity index is 725. The van der Waals surface area contributed by atoms with E-state index in [2.05, 4.69) is 0 Å². The maximum absolute atomic E-state index is 12.9. The summed E-state index contributed by atoms with van der Waals surface area (Å²) >= 11 is 0. The lowest BCUT2D eigenvalue weighted by Gasteiger charge is -2.23. The Morgan fingerprint density at radius 3 is 2.32 bits per heavy atom. The predicted octanol–water partition coefficient (Wildman–Crippen LogP) is 3.55. The Balaban J connectivity index is 2.12. The quantitative estimate of drug-likeness (QED) is 0.725. The van der Waals surface area contributed by atoms with E-state index in [4.69, 9.17) is 4.74 Å². The first-order valence-electron chi connectivity index (χ1n) is 8.48. The number of hydrogen-bond donors (Lipinski definition) is 0. The van der Waals surface area contributed by atoms with E-state index in [1.165, 1.54) is 12.7 Å². The highest BCUT2D eigenvalue weighted by Crippen LogP contribution is 2.13. The van der Waals surface area contributed by atoms with Gasteiger partial charge in [0.1, 0.15) is 0 Å². The van der Waals surface area contributed by atoms with Crippen LogP contribution in [0, 0.1) is 13.8 Å². The summed E-state index contributed by atoms with van der Waals surface area (Å²) in [6.45, 7) is 4.93. The van der Waals surface area contributed by atoms with E-state index in [-0.39, 0.29) is 18.3 Å². The van der Waals surface area contributed by atoms with Crippen molar-refractivity contribution in [3.8, 4) is 0 Å². The average Bonchev–Trinajstić information content (AvgIpc) is 2.64. The Hall–Kier alpha value is -2.62. The number of rotatable bonds is 7. The van der Waals surface area contributed by atoms with Gasteiger partial charge in [-0.3, -0.25) is 9.59 Å². The third-order valence-corrected chi connectivity index (χ3v) is 4.37.